The molecule has 0 aliphatic carbocycles. The highest BCUT2D eigenvalue weighted by atomic mass is 16.1. The van der Waals surface area contributed by atoms with Crippen LogP contribution in [0.1, 0.15) is 6.92 Å². The fourth-order valence-corrected chi connectivity index (χ4v) is 0.908. The van der Waals surface area contributed by atoms with Crippen molar-refractivity contribution in [3.63, 3.8) is 0 Å². The summed E-state index contributed by atoms with van der Waals surface area (Å²) < 4.78 is 0. The standard InChI is InChI=1S/C8H15N3O2/c1-6(13)7(11-4-5-12)8(9-2)10-3/h5,9-11H,4H2,1-3H3. The second kappa shape index (κ2) is 6.05. The maximum absolute atomic E-state index is 11.1. The molecule has 3 N–H and O–H groups in total. The molecule has 74 valence electrons. The van der Waals surface area contributed by atoms with Crippen molar-refractivity contribution in [3.05, 3.63) is 11.5 Å². The first kappa shape index (κ1) is 11.5. The highest BCUT2D eigenvalue weighted by Gasteiger charge is 2.08. The molecular formula is C8H15N3O2. The SMILES string of the molecule is CNC(NC)=C(NCC=O)C(C)=O. The lowest BCUT2D eigenvalue weighted by Crippen LogP contribution is -2.31. The molecule has 0 atom stereocenters. The van der Waals surface area contributed by atoms with Gasteiger partial charge in [0.15, 0.2) is 5.78 Å². The molecule has 5 heteroatoms. The highest BCUT2D eigenvalue weighted by Crippen LogP contribution is 1.94. The molecule has 0 aliphatic heterocycles. The van der Waals surface area contributed by atoms with Gasteiger partial charge in [0.2, 0.25) is 0 Å². The molecule has 0 aromatic carbocycles. The van der Waals surface area contributed by atoms with Gasteiger partial charge in [0, 0.05) is 21.0 Å². The van der Waals surface area contributed by atoms with Gasteiger partial charge < -0.3 is 20.7 Å². The first-order valence-electron chi connectivity index (χ1n) is 3.95. The quantitative estimate of drug-likeness (QED) is 0.365. The lowest BCUT2D eigenvalue weighted by atomic mass is 10.3. The summed E-state index contributed by atoms with van der Waals surface area (Å²) in [6.07, 6.45) is 0.700. The predicted molar refractivity (Wildman–Crippen MR) is 49.9 cm³/mol. The predicted octanol–water partition coefficient (Wildman–Crippen LogP) is -1.03. The number of hydrogen-bond acceptors (Lipinski definition) is 5. The summed E-state index contributed by atoms with van der Waals surface area (Å²) in [5.74, 6) is 0.454. The summed E-state index contributed by atoms with van der Waals surface area (Å²) in [6, 6.07) is 0. The monoisotopic (exact) mass is 185 g/mol. The molecule has 0 saturated carbocycles. The van der Waals surface area contributed by atoms with E-state index in [2.05, 4.69) is 16.0 Å². The Morgan fingerprint density at radius 1 is 1.31 bits per heavy atom. The fourth-order valence-electron chi connectivity index (χ4n) is 0.908. The molecule has 0 spiro atoms. The highest BCUT2D eigenvalue weighted by molar-refractivity contribution is 5.93. The van der Waals surface area contributed by atoms with Gasteiger partial charge in [0.25, 0.3) is 0 Å². The Bertz CT molecular complexity index is 217. The smallest absolute Gasteiger partial charge is 0.179 e. The lowest BCUT2D eigenvalue weighted by Gasteiger charge is -2.12. The lowest BCUT2D eigenvalue weighted by molar-refractivity contribution is -0.114. The van der Waals surface area contributed by atoms with E-state index >= 15 is 0 Å². The van der Waals surface area contributed by atoms with Crippen LogP contribution in [0.25, 0.3) is 0 Å². The van der Waals surface area contributed by atoms with E-state index in [1.54, 1.807) is 14.1 Å². The van der Waals surface area contributed by atoms with Gasteiger partial charge in [-0.05, 0) is 0 Å². The van der Waals surface area contributed by atoms with Crippen LogP contribution in [0.4, 0.5) is 0 Å². The molecule has 0 rings (SSSR count). The maximum atomic E-state index is 11.1. The van der Waals surface area contributed by atoms with Crippen molar-refractivity contribution in [1.82, 2.24) is 16.0 Å². The van der Waals surface area contributed by atoms with Crippen molar-refractivity contribution in [2.45, 2.75) is 6.92 Å². The second-order valence-electron chi connectivity index (χ2n) is 2.35. The molecular weight excluding hydrogens is 170 g/mol. The van der Waals surface area contributed by atoms with E-state index in [1.807, 2.05) is 0 Å². The molecule has 13 heavy (non-hydrogen) atoms. The van der Waals surface area contributed by atoms with E-state index in [1.165, 1.54) is 6.92 Å². The van der Waals surface area contributed by atoms with Crippen LogP contribution in [0, 0.1) is 0 Å². The van der Waals surface area contributed by atoms with Crippen molar-refractivity contribution in [2.75, 3.05) is 20.6 Å². The van der Waals surface area contributed by atoms with E-state index in [9.17, 15) is 9.59 Å². The zero-order valence-electron chi connectivity index (χ0n) is 8.10. The van der Waals surface area contributed by atoms with Crippen LogP contribution in [0.3, 0.4) is 0 Å². The Labute approximate surface area is 77.6 Å². The Kier molecular flexibility index (Phi) is 5.34. The first-order valence-corrected chi connectivity index (χ1v) is 3.95. The third-order valence-corrected chi connectivity index (χ3v) is 1.46. The maximum Gasteiger partial charge on any atom is 0.179 e. The number of allylic oxidation sites excluding steroid dienone is 1. The summed E-state index contributed by atoms with van der Waals surface area (Å²) in [5.41, 5.74) is 0.386. The van der Waals surface area contributed by atoms with E-state index in [-0.39, 0.29) is 12.3 Å². The van der Waals surface area contributed by atoms with Gasteiger partial charge >= 0.3 is 0 Å². The number of rotatable bonds is 6. The normalized spacial score (nSPS) is 8.54. The van der Waals surface area contributed by atoms with Gasteiger partial charge in [-0.2, -0.15) is 0 Å². The molecule has 0 aliphatic rings. The molecule has 0 unspecified atom stereocenters. The number of hydrogen-bond donors (Lipinski definition) is 3. The van der Waals surface area contributed by atoms with Crippen LogP contribution in [0.15, 0.2) is 11.5 Å². The molecule has 0 aromatic heterocycles. The van der Waals surface area contributed by atoms with Crippen molar-refractivity contribution < 1.29 is 9.59 Å². The summed E-state index contributed by atoms with van der Waals surface area (Å²) in [7, 11) is 3.38. The average Bonchev–Trinajstić information content (AvgIpc) is 2.11. The molecule has 0 amide bonds. The van der Waals surface area contributed by atoms with Gasteiger partial charge in [-0.1, -0.05) is 0 Å². The van der Waals surface area contributed by atoms with E-state index in [0.29, 0.717) is 17.8 Å². The minimum absolute atomic E-state index is 0.124. The van der Waals surface area contributed by atoms with Crippen LogP contribution >= 0.6 is 0 Å². The molecule has 0 heterocycles. The van der Waals surface area contributed by atoms with Crippen LogP contribution in [-0.4, -0.2) is 32.7 Å². The Morgan fingerprint density at radius 3 is 2.15 bits per heavy atom. The van der Waals surface area contributed by atoms with Crippen LogP contribution < -0.4 is 16.0 Å². The number of aldehydes is 1. The summed E-state index contributed by atoms with van der Waals surface area (Å²) >= 11 is 0. The molecule has 5 nitrogen and oxygen atoms in total. The number of ketones is 1. The minimum Gasteiger partial charge on any atom is -0.373 e. The van der Waals surface area contributed by atoms with Gasteiger partial charge in [-0.25, -0.2) is 0 Å². The number of Topliss-reactive ketones (excluding diaryl/α,β-unsaturated/α-hetero) is 1. The zero-order chi connectivity index (χ0) is 10.3. The van der Waals surface area contributed by atoms with Crippen molar-refractivity contribution >= 4 is 12.1 Å². The number of nitrogens with one attached hydrogen (secondary N) is 3. The molecule has 0 radical (unpaired) electrons. The number of carbonyl (C=O) groups is 2. The van der Waals surface area contributed by atoms with Crippen molar-refractivity contribution in [2.24, 2.45) is 0 Å². The Morgan fingerprint density at radius 2 is 1.85 bits per heavy atom. The summed E-state index contributed by atoms with van der Waals surface area (Å²) in [5, 5.41) is 8.33. The van der Waals surface area contributed by atoms with Crippen LogP contribution in [0.2, 0.25) is 0 Å². The summed E-state index contributed by atoms with van der Waals surface area (Å²) in [6.45, 7) is 1.56. The van der Waals surface area contributed by atoms with E-state index in [0.717, 1.165) is 0 Å². The zero-order valence-corrected chi connectivity index (χ0v) is 8.10. The Balaban J connectivity index is 4.63. The van der Waals surface area contributed by atoms with Gasteiger partial charge in [0.1, 0.15) is 17.8 Å². The van der Waals surface area contributed by atoms with Crippen LogP contribution in [-0.2, 0) is 9.59 Å². The Hall–Kier alpha value is -1.52. The molecule has 0 fully saturated rings. The third-order valence-electron chi connectivity index (χ3n) is 1.46. The van der Waals surface area contributed by atoms with Gasteiger partial charge in [-0.3, -0.25) is 4.79 Å². The molecule has 0 bridgehead atoms. The van der Waals surface area contributed by atoms with Crippen LogP contribution in [0.5, 0.6) is 0 Å². The van der Waals surface area contributed by atoms with Crippen molar-refractivity contribution in [1.29, 1.82) is 0 Å². The molecule has 0 aromatic rings. The second-order valence-corrected chi connectivity index (χ2v) is 2.35. The third kappa shape index (κ3) is 3.59. The first-order chi connectivity index (χ1) is 6.17. The molecule has 0 saturated heterocycles. The number of carbonyl (C=O) groups excluding carboxylic acids is 2. The average molecular weight is 185 g/mol. The van der Waals surface area contributed by atoms with Crippen molar-refractivity contribution in [3.8, 4) is 0 Å². The minimum atomic E-state index is -0.124. The fraction of sp³-hybridized carbons (Fsp3) is 0.500. The van der Waals surface area contributed by atoms with E-state index in [4.69, 9.17) is 0 Å². The van der Waals surface area contributed by atoms with Gasteiger partial charge in [-0.15, -0.1) is 0 Å². The van der Waals surface area contributed by atoms with Gasteiger partial charge in [0.05, 0.1) is 6.54 Å². The van der Waals surface area contributed by atoms with E-state index < -0.39 is 0 Å². The largest absolute Gasteiger partial charge is 0.373 e. The summed E-state index contributed by atoms with van der Waals surface area (Å²) in [4.78, 5) is 21.2. The topological polar surface area (TPSA) is 70.2 Å².